The van der Waals surface area contributed by atoms with Gasteiger partial charge < -0.3 is 15.4 Å². The third-order valence-electron chi connectivity index (χ3n) is 4.57. The Morgan fingerprint density at radius 3 is 2.59 bits per heavy atom. The Morgan fingerprint density at radius 2 is 1.79 bits per heavy atom. The maximum Gasteiger partial charge on any atom is 0.408 e. The minimum Gasteiger partial charge on any atom is -0.445 e. The summed E-state index contributed by atoms with van der Waals surface area (Å²) >= 11 is 0. The molecule has 3 rings (SSSR count). The number of carbonyl (C=O) groups is 2. The van der Waals surface area contributed by atoms with Crippen LogP contribution in [0.2, 0.25) is 0 Å². The van der Waals surface area contributed by atoms with Gasteiger partial charge in [-0.1, -0.05) is 68.3 Å². The molecular formula is C23H25N3O3. The third-order valence-corrected chi connectivity index (χ3v) is 4.57. The highest BCUT2D eigenvalue weighted by molar-refractivity contribution is 6.03. The fraction of sp³-hybridized carbons (Fsp3) is 0.261. The smallest absolute Gasteiger partial charge is 0.408 e. The molecule has 0 aliphatic rings. The number of ether oxygens (including phenoxy) is 1. The second-order valence-electron chi connectivity index (χ2n) is 6.77. The van der Waals surface area contributed by atoms with Gasteiger partial charge in [-0.25, -0.2) is 4.79 Å². The van der Waals surface area contributed by atoms with E-state index in [1.54, 1.807) is 12.3 Å². The van der Waals surface area contributed by atoms with E-state index in [1.807, 2.05) is 61.5 Å². The van der Waals surface area contributed by atoms with Gasteiger partial charge in [0.2, 0.25) is 5.91 Å². The second kappa shape index (κ2) is 10.2. The van der Waals surface area contributed by atoms with Crippen molar-refractivity contribution in [1.29, 1.82) is 0 Å². The summed E-state index contributed by atoms with van der Waals surface area (Å²) in [6.07, 6.45) is 3.31. The molecule has 150 valence electrons. The molecule has 3 aromatic rings. The van der Waals surface area contributed by atoms with E-state index in [-0.39, 0.29) is 12.5 Å². The standard InChI is InChI=1S/C23H25N3O3/c1-2-3-12-21(26-23(28)29-16-17-9-5-4-6-10-17)22(27)25-20-14-15-24-19-13-8-7-11-18(19)20/h4-11,13-15,21H,2-3,12,16H2,1H3,(H,26,28)(H,24,25,27). The van der Waals surface area contributed by atoms with Gasteiger partial charge in [-0.05, 0) is 24.1 Å². The summed E-state index contributed by atoms with van der Waals surface area (Å²) < 4.78 is 5.27. The van der Waals surface area contributed by atoms with Gasteiger partial charge in [0.1, 0.15) is 12.6 Å². The number of fused-ring (bicyclic) bond motifs is 1. The van der Waals surface area contributed by atoms with E-state index in [9.17, 15) is 9.59 Å². The highest BCUT2D eigenvalue weighted by Gasteiger charge is 2.21. The number of unbranched alkanes of at least 4 members (excludes halogenated alkanes) is 1. The maximum atomic E-state index is 12.9. The van der Waals surface area contributed by atoms with E-state index in [4.69, 9.17) is 4.74 Å². The Balaban J connectivity index is 1.65. The number of amides is 2. The van der Waals surface area contributed by atoms with E-state index in [0.29, 0.717) is 12.1 Å². The fourth-order valence-corrected chi connectivity index (χ4v) is 3.01. The molecule has 0 spiro atoms. The molecule has 0 aliphatic heterocycles. The molecule has 2 aromatic carbocycles. The zero-order valence-corrected chi connectivity index (χ0v) is 16.4. The van der Waals surface area contributed by atoms with Crippen LogP contribution in [0.3, 0.4) is 0 Å². The number of benzene rings is 2. The molecule has 0 fully saturated rings. The number of nitrogens with one attached hydrogen (secondary N) is 2. The summed E-state index contributed by atoms with van der Waals surface area (Å²) in [7, 11) is 0. The number of pyridine rings is 1. The van der Waals surface area contributed by atoms with Gasteiger partial charge in [-0.2, -0.15) is 0 Å². The van der Waals surface area contributed by atoms with Crippen LogP contribution in [0.4, 0.5) is 10.5 Å². The van der Waals surface area contributed by atoms with Crippen LogP contribution in [0, 0.1) is 0 Å². The van der Waals surface area contributed by atoms with Gasteiger partial charge in [-0.3, -0.25) is 9.78 Å². The number of anilines is 1. The van der Waals surface area contributed by atoms with Crippen LogP contribution in [-0.4, -0.2) is 23.0 Å². The highest BCUT2D eigenvalue weighted by Crippen LogP contribution is 2.21. The number of para-hydroxylation sites is 1. The average molecular weight is 391 g/mol. The molecule has 0 bridgehead atoms. The first-order valence-corrected chi connectivity index (χ1v) is 9.79. The quantitative estimate of drug-likeness (QED) is 0.585. The normalized spacial score (nSPS) is 11.6. The Morgan fingerprint density at radius 1 is 1.03 bits per heavy atom. The van der Waals surface area contributed by atoms with E-state index in [2.05, 4.69) is 15.6 Å². The van der Waals surface area contributed by atoms with Crippen molar-refractivity contribution in [1.82, 2.24) is 10.3 Å². The van der Waals surface area contributed by atoms with Crippen LogP contribution in [0.5, 0.6) is 0 Å². The topological polar surface area (TPSA) is 80.3 Å². The molecule has 6 heteroatoms. The summed E-state index contributed by atoms with van der Waals surface area (Å²) in [5, 5.41) is 6.48. The lowest BCUT2D eigenvalue weighted by atomic mass is 10.1. The lowest BCUT2D eigenvalue weighted by Crippen LogP contribution is -2.44. The molecule has 2 N–H and O–H groups in total. The predicted molar refractivity (Wildman–Crippen MR) is 113 cm³/mol. The molecule has 0 aliphatic carbocycles. The van der Waals surface area contributed by atoms with E-state index in [0.717, 1.165) is 29.3 Å². The van der Waals surface area contributed by atoms with Crippen molar-refractivity contribution in [3.05, 3.63) is 72.4 Å². The summed E-state index contributed by atoms with van der Waals surface area (Å²) in [6.45, 7) is 2.20. The molecule has 0 saturated carbocycles. The molecule has 0 radical (unpaired) electrons. The molecule has 0 saturated heterocycles. The van der Waals surface area contributed by atoms with Crippen LogP contribution >= 0.6 is 0 Å². The van der Waals surface area contributed by atoms with Gasteiger partial charge in [0.25, 0.3) is 0 Å². The molecule has 1 heterocycles. The first kappa shape index (κ1) is 20.3. The van der Waals surface area contributed by atoms with Gasteiger partial charge >= 0.3 is 6.09 Å². The molecule has 2 amide bonds. The van der Waals surface area contributed by atoms with Crippen molar-refractivity contribution in [2.24, 2.45) is 0 Å². The molecule has 1 atom stereocenters. The molecule has 1 unspecified atom stereocenters. The Hall–Kier alpha value is -3.41. The molecular weight excluding hydrogens is 366 g/mol. The molecule has 1 aromatic heterocycles. The SMILES string of the molecule is CCCCC(NC(=O)OCc1ccccc1)C(=O)Nc1ccnc2ccccc12. The number of alkyl carbamates (subject to hydrolysis) is 1. The van der Waals surface area contributed by atoms with Crippen LogP contribution in [0.25, 0.3) is 10.9 Å². The van der Waals surface area contributed by atoms with Gasteiger partial charge in [0, 0.05) is 11.6 Å². The number of hydrogen-bond acceptors (Lipinski definition) is 4. The molecule has 29 heavy (non-hydrogen) atoms. The number of aromatic nitrogens is 1. The molecule has 6 nitrogen and oxygen atoms in total. The zero-order valence-electron chi connectivity index (χ0n) is 16.4. The van der Waals surface area contributed by atoms with E-state index in [1.165, 1.54) is 0 Å². The first-order chi connectivity index (χ1) is 14.2. The van der Waals surface area contributed by atoms with Crippen molar-refractivity contribution in [3.8, 4) is 0 Å². The van der Waals surface area contributed by atoms with Crippen LogP contribution in [0.1, 0.15) is 31.7 Å². The lowest BCUT2D eigenvalue weighted by Gasteiger charge is -2.19. The van der Waals surface area contributed by atoms with Crippen LogP contribution < -0.4 is 10.6 Å². The van der Waals surface area contributed by atoms with Crippen LogP contribution in [-0.2, 0) is 16.1 Å². The highest BCUT2D eigenvalue weighted by atomic mass is 16.5. The average Bonchev–Trinajstić information content (AvgIpc) is 2.76. The Bertz CT molecular complexity index is 955. The number of rotatable bonds is 8. The largest absolute Gasteiger partial charge is 0.445 e. The van der Waals surface area contributed by atoms with Gasteiger partial charge in [0.15, 0.2) is 0 Å². The van der Waals surface area contributed by atoms with Crippen LogP contribution in [0.15, 0.2) is 66.9 Å². The summed E-state index contributed by atoms with van der Waals surface area (Å²) in [4.78, 5) is 29.4. The van der Waals surface area contributed by atoms with E-state index < -0.39 is 12.1 Å². The number of carbonyl (C=O) groups excluding carboxylic acids is 2. The summed E-state index contributed by atoms with van der Waals surface area (Å²) in [5.41, 5.74) is 2.35. The monoisotopic (exact) mass is 391 g/mol. The van der Waals surface area contributed by atoms with Crippen molar-refractivity contribution in [3.63, 3.8) is 0 Å². The van der Waals surface area contributed by atoms with Crippen molar-refractivity contribution in [2.75, 3.05) is 5.32 Å². The summed E-state index contributed by atoms with van der Waals surface area (Å²) in [5.74, 6) is -0.272. The number of hydrogen-bond donors (Lipinski definition) is 2. The fourth-order valence-electron chi connectivity index (χ4n) is 3.01. The second-order valence-corrected chi connectivity index (χ2v) is 6.77. The van der Waals surface area contributed by atoms with Crippen molar-refractivity contribution in [2.45, 2.75) is 38.8 Å². The Kier molecular flexibility index (Phi) is 7.16. The van der Waals surface area contributed by atoms with Gasteiger partial charge in [0.05, 0.1) is 11.2 Å². The number of nitrogens with zero attached hydrogens (tertiary/aromatic N) is 1. The predicted octanol–water partition coefficient (Wildman–Crippen LogP) is 4.66. The first-order valence-electron chi connectivity index (χ1n) is 9.79. The minimum atomic E-state index is -0.676. The summed E-state index contributed by atoms with van der Waals surface area (Å²) in [6, 6.07) is 18.1. The Labute approximate surface area is 170 Å². The maximum absolute atomic E-state index is 12.9. The van der Waals surface area contributed by atoms with E-state index >= 15 is 0 Å². The minimum absolute atomic E-state index is 0.157. The lowest BCUT2D eigenvalue weighted by molar-refractivity contribution is -0.118. The zero-order chi connectivity index (χ0) is 20.5. The van der Waals surface area contributed by atoms with Crippen molar-refractivity contribution < 1.29 is 14.3 Å². The van der Waals surface area contributed by atoms with Gasteiger partial charge in [-0.15, -0.1) is 0 Å². The third kappa shape index (κ3) is 5.78. The van der Waals surface area contributed by atoms with Crippen molar-refractivity contribution >= 4 is 28.6 Å².